The first-order chi connectivity index (χ1) is 8.72. The van der Waals surface area contributed by atoms with Gasteiger partial charge in [-0.25, -0.2) is 0 Å². The minimum atomic E-state index is -0.0293. The third-order valence-corrected chi connectivity index (χ3v) is 5.62. The smallest absolute Gasteiger partial charge is 0.309 e. The third-order valence-electron chi connectivity index (χ3n) is 4.64. The van der Waals surface area contributed by atoms with Gasteiger partial charge in [-0.3, -0.25) is 9.69 Å². The van der Waals surface area contributed by atoms with Crippen molar-refractivity contribution < 1.29 is 9.53 Å². The van der Waals surface area contributed by atoms with Crippen LogP contribution >= 0.6 is 23.7 Å². The van der Waals surface area contributed by atoms with Gasteiger partial charge in [-0.1, -0.05) is 6.07 Å². The van der Waals surface area contributed by atoms with Crippen LogP contribution in [0.5, 0.6) is 0 Å². The summed E-state index contributed by atoms with van der Waals surface area (Å²) in [6, 6.07) is 5.31. The molecule has 2 aliphatic heterocycles. The number of ether oxygens (including phenoxy) is 1. The van der Waals surface area contributed by atoms with E-state index in [9.17, 15) is 4.79 Å². The number of hydrogen-bond acceptors (Lipinski definition) is 4. The fourth-order valence-electron chi connectivity index (χ4n) is 3.73. The van der Waals surface area contributed by atoms with Gasteiger partial charge >= 0.3 is 5.97 Å². The fraction of sp³-hybridized carbons (Fsp3) is 0.643. The number of esters is 1. The van der Waals surface area contributed by atoms with Gasteiger partial charge in [0.15, 0.2) is 0 Å². The minimum absolute atomic E-state index is 0. The van der Waals surface area contributed by atoms with Crippen molar-refractivity contribution in [2.75, 3.05) is 14.2 Å². The van der Waals surface area contributed by atoms with Crippen LogP contribution in [0.2, 0.25) is 0 Å². The maximum Gasteiger partial charge on any atom is 0.309 e. The predicted octanol–water partition coefficient (Wildman–Crippen LogP) is 2.91. The van der Waals surface area contributed by atoms with Crippen LogP contribution < -0.4 is 0 Å². The van der Waals surface area contributed by atoms with Crippen molar-refractivity contribution in [1.82, 2.24) is 4.90 Å². The average Bonchev–Trinajstić information content (AvgIpc) is 2.97. The molecule has 0 N–H and O–H groups in total. The number of thiophene rings is 1. The molecule has 2 aliphatic rings. The van der Waals surface area contributed by atoms with E-state index in [1.807, 2.05) is 0 Å². The lowest BCUT2D eigenvalue weighted by molar-refractivity contribution is -0.149. The zero-order valence-corrected chi connectivity index (χ0v) is 12.9. The molecule has 0 aromatic carbocycles. The lowest BCUT2D eigenvalue weighted by Gasteiger charge is -2.41. The number of nitrogens with zero attached hydrogens (tertiary/aromatic N) is 1. The maximum atomic E-state index is 12.1. The molecule has 106 valence electrons. The lowest BCUT2D eigenvalue weighted by atomic mass is 9.79. The number of carbonyl (C=O) groups is 1. The van der Waals surface area contributed by atoms with E-state index in [0.717, 1.165) is 6.42 Å². The summed E-state index contributed by atoms with van der Waals surface area (Å²) in [6.45, 7) is 0. The van der Waals surface area contributed by atoms with Crippen LogP contribution in [0.4, 0.5) is 0 Å². The number of halogens is 1. The van der Waals surface area contributed by atoms with Crippen molar-refractivity contribution in [2.45, 2.75) is 37.3 Å². The van der Waals surface area contributed by atoms with E-state index >= 15 is 0 Å². The molecule has 5 heteroatoms. The first kappa shape index (κ1) is 14.8. The van der Waals surface area contributed by atoms with Crippen molar-refractivity contribution in [2.24, 2.45) is 5.92 Å². The molecule has 0 aliphatic carbocycles. The molecule has 19 heavy (non-hydrogen) atoms. The molecular formula is C14H20ClNO2S. The number of rotatable bonds is 2. The van der Waals surface area contributed by atoms with Crippen LogP contribution in [-0.4, -0.2) is 37.1 Å². The van der Waals surface area contributed by atoms with E-state index in [2.05, 4.69) is 29.5 Å². The molecule has 1 aromatic rings. The molecule has 1 aromatic heterocycles. The highest BCUT2D eigenvalue weighted by Gasteiger charge is 2.49. The first-order valence-corrected chi connectivity index (χ1v) is 7.43. The highest BCUT2D eigenvalue weighted by molar-refractivity contribution is 7.10. The number of piperidine rings is 1. The standard InChI is InChI=1S/C14H19NO2S.ClH/c1-15-9-5-6-11(15)13(12-4-3-7-18-12)10(8-9)14(16)17-2;/h3-4,7,9-11,13H,5-6,8H2,1-2H3;1H. The molecule has 0 radical (unpaired) electrons. The predicted molar refractivity (Wildman–Crippen MR) is 79.0 cm³/mol. The molecule has 3 nitrogen and oxygen atoms in total. The maximum absolute atomic E-state index is 12.1. The van der Waals surface area contributed by atoms with E-state index in [4.69, 9.17) is 4.74 Å². The van der Waals surface area contributed by atoms with E-state index < -0.39 is 0 Å². The Kier molecular flexibility index (Phi) is 4.54. The summed E-state index contributed by atoms with van der Waals surface area (Å²) in [5.74, 6) is 0.335. The van der Waals surface area contributed by atoms with E-state index in [-0.39, 0.29) is 24.3 Å². The number of hydrogen-bond donors (Lipinski definition) is 0. The Morgan fingerprint density at radius 2 is 2.26 bits per heavy atom. The van der Waals surface area contributed by atoms with Gasteiger partial charge in [0.2, 0.25) is 0 Å². The second-order valence-corrected chi connectivity index (χ2v) is 6.35. The molecule has 3 rings (SSSR count). The van der Waals surface area contributed by atoms with Crippen LogP contribution in [0.15, 0.2) is 17.5 Å². The quantitative estimate of drug-likeness (QED) is 0.787. The SMILES string of the molecule is COC(=O)C1CC2CCC(C1c1cccs1)N2C.Cl. The van der Waals surface area contributed by atoms with Gasteiger partial charge < -0.3 is 4.74 Å². The third kappa shape index (κ3) is 2.41. The fourth-order valence-corrected chi connectivity index (χ4v) is 4.68. The molecule has 2 saturated heterocycles. The summed E-state index contributed by atoms with van der Waals surface area (Å²) in [6.07, 6.45) is 3.37. The second-order valence-electron chi connectivity index (χ2n) is 5.37. The Balaban J connectivity index is 0.00000133. The van der Waals surface area contributed by atoms with Crippen LogP contribution in [0.25, 0.3) is 0 Å². The average molecular weight is 302 g/mol. The molecule has 0 spiro atoms. The number of carbonyl (C=O) groups excluding carboxylic acids is 1. The number of methoxy groups -OCH3 is 1. The Morgan fingerprint density at radius 1 is 1.47 bits per heavy atom. The summed E-state index contributed by atoms with van der Waals surface area (Å²) in [4.78, 5) is 15.9. The lowest BCUT2D eigenvalue weighted by Crippen LogP contribution is -2.47. The zero-order valence-electron chi connectivity index (χ0n) is 11.2. The van der Waals surface area contributed by atoms with Gasteiger partial charge in [-0.05, 0) is 37.8 Å². The molecule has 0 saturated carbocycles. The normalized spacial score (nSPS) is 33.8. The van der Waals surface area contributed by atoms with Crippen LogP contribution in [0.3, 0.4) is 0 Å². The Hall–Kier alpha value is -0.580. The van der Waals surface area contributed by atoms with Gasteiger partial charge in [0.1, 0.15) is 0 Å². The number of fused-ring (bicyclic) bond motifs is 2. The molecule has 4 atom stereocenters. The summed E-state index contributed by atoms with van der Waals surface area (Å²) >= 11 is 1.77. The Labute approximate surface area is 124 Å². The van der Waals surface area contributed by atoms with Crippen molar-refractivity contribution >= 4 is 29.7 Å². The summed E-state index contributed by atoms with van der Waals surface area (Å²) in [5.41, 5.74) is 0. The van der Waals surface area contributed by atoms with Gasteiger partial charge in [0.25, 0.3) is 0 Å². The van der Waals surface area contributed by atoms with Crippen molar-refractivity contribution in [1.29, 1.82) is 0 Å². The van der Waals surface area contributed by atoms with Gasteiger partial charge in [-0.2, -0.15) is 0 Å². The molecule has 2 bridgehead atoms. The minimum Gasteiger partial charge on any atom is -0.469 e. The number of likely N-dealkylation sites (N-methyl/N-ethyl adjacent to an activating group) is 1. The highest BCUT2D eigenvalue weighted by atomic mass is 35.5. The Bertz CT molecular complexity index is 437. The first-order valence-electron chi connectivity index (χ1n) is 6.55. The van der Waals surface area contributed by atoms with E-state index in [1.54, 1.807) is 11.3 Å². The van der Waals surface area contributed by atoms with Gasteiger partial charge in [0, 0.05) is 22.9 Å². The summed E-state index contributed by atoms with van der Waals surface area (Å²) in [5, 5.41) is 2.10. The van der Waals surface area contributed by atoms with Gasteiger partial charge in [0.05, 0.1) is 13.0 Å². The molecule has 0 amide bonds. The van der Waals surface area contributed by atoms with Crippen molar-refractivity contribution in [3.63, 3.8) is 0 Å². The molecule has 3 heterocycles. The van der Waals surface area contributed by atoms with E-state index in [0.29, 0.717) is 18.0 Å². The largest absolute Gasteiger partial charge is 0.469 e. The monoisotopic (exact) mass is 301 g/mol. The van der Waals surface area contributed by atoms with Gasteiger partial charge in [-0.15, -0.1) is 23.7 Å². The van der Waals surface area contributed by atoms with Crippen LogP contribution in [-0.2, 0) is 9.53 Å². The van der Waals surface area contributed by atoms with Crippen molar-refractivity contribution in [3.05, 3.63) is 22.4 Å². The Morgan fingerprint density at radius 3 is 2.89 bits per heavy atom. The van der Waals surface area contributed by atoms with E-state index in [1.165, 1.54) is 24.8 Å². The molecule has 2 fully saturated rings. The van der Waals surface area contributed by atoms with Crippen LogP contribution in [0.1, 0.15) is 30.1 Å². The zero-order chi connectivity index (χ0) is 12.7. The topological polar surface area (TPSA) is 29.5 Å². The molecule has 4 unspecified atom stereocenters. The summed E-state index contributed by atoms with van der Waals surface area (Å²) in [7, 11) is 3.71. The second kappa shape index (κ2) is 5.81. The summed E-state index contributed by atoms with van der Waals surface area (Å²) < 4.78 is 5.02. The van der Waals surface area contributed by atoms with Crippen LogP contribution in [0, 0.1) is 5.92 Å². The highest BCUT2D eigenvalue weighted by Crippen LogP contribution is 2.47. The van der Waals surface area contributed by atoms with Crippen molar-refractivity contribution in [3.8, 4) is 0 Å². The molecular weight excluding hydrogens is 282 g/mol.